The van der Waals surface area contributed by atoms with Gasteiger partial charge in [-0.25, -0.2) is 8.42 Å². The van der Waals surface area contributed by atoms with Crippen LogP contribution in [0.4, 0.5) is 0 Å². The van der Waals surface area contributed by atoms with Crippen molar-refractivity contribution in [1.82, 2.24) is 14.6 Å². The lowest BCUT2D eigenvalue weighted by Gasteiger charge is -2.24. The number of H-pyrrole nitrogens is 1. The van der Waals surface area contributed by atoms with Gasteiger partial charge in [-0.1, -0.05) is 0 Å². The van der Waals surface area contributed by atoms with E-state index >= 15 is 0 Å². The number of aromatic nitrogens is 1. The van der Waals surface area contributed by atoms with E-state index in [4.69, 9.17) is 5.73 Å². The van der Waals surface area contributed by atoms with Crippen LogP contribution in [0.5, 0.6) is 0 Å². The Bertz CT molecular complexity index is 669. The summed E-state index contributed by atoms with van der Waals surface area (Å²) in [4.78, 5) is 15.2. The van der Waals surface area contributed by atoms with Crippen LogP contribution in [0.3, 0.4) is 0 Å². The minimum Gasteiger partial charge on any atom is -0.356 e. The summed E-state index contributed by atoms with van der Waals surface area (Å²) in [5.41, 5.74) is 5.94. The summed E-state index contributed by atoms with van der Waals surface area (Å²) >= 11 is 1.75. The van der Waals surface area contributed by atoms with Crippen molar-refractivity contribution in [2.75, 3.05) is 31.1 Å². The Balaban J connectivity index is 0.00000208. The molecule has 7 nitrogen and oxygen atoms in total. The number of sulfonamides is 1. The number of hydrogen-bond acceptors (Lipinski definition) is 5. The van der Waals surface area contributed by atoms with E-state index in [0.717, 1.165) is 24.3 Å². The fourth-order valence-electron chi connectivity index (χ4n) is 2.70. The molecule has 1 aliphatic heterocycles. The molecule has 1 aromatic rings. The average Bonchev–Trinajstić information content (AvgIpc) is 3.28. The molecule has 0 radical (unpaired) electrons. The van der Waals surface area contributed by atoms with Gasteiger partial charge in [-0.15, -0.1) is 12.4 Å². The van der Waals surface area contributed by atoms with Crippen molar-refractivity contribution >= 4 is 40.1 Å². The molecule has 136 valence electrons. The predicted octanol–water partition coefficient (Wildman–Crippen LogP) is 0.641. The summed E-state index contributed by atoms with van der Waals surface area (Å²) in [7, 11) is -3.53. The van der Waals surface area contributed by atoms with Crippen molar-refractivity contribution in [3.63, 3.8) is 0 Å². The molecule has 10 heteroatoms. The molecule has 4 N–H and O–H groups in total. The summed E-state index contributed by atoms with van der Waals surface area (Å²) in [6, 6.07) is 1.37. The zero-order chi connectivity index (χ0) is 16.4. The second-order valence-electron chi connectivity index (χ2n) is 5.92. The first kappa shape index (κ1) is 19.6. The van der Waals surface area contributed by atoms with E-state index in [2.05, 4.69) is 10.3 Å². The van der Waals surface area contributed by atoms with Gasteiger partial charge in [0.05, 0.1) is 0 Å². The quantitative estimate of drug-likeness (QED) is 0.656. The van der Waals surface area contributed by atoms with Gasteiger partial charge in [0, 0.05) is 43.4 Å². The Morgan fingerprint density at radius 3 is 2.67 bits per heavy atom. The molecule has 1 atom stereocenters. The van der Waals surface area contributed by atoms with Crippen molar-refractivity contribution in [3.05, 3.63) is 18.0 Å². The van der Waals surface area contributed by atoms with Gasteiger partial charge in [0.25, 0.3) is 5.91 Å². The second-order valence-corrected chi connectivity index (χ2v) is 9.08. The summed E-state index contributed by atoms with van der Waals surface area (Å²) in [5.74, 6) is 1.75. The van der Waals surface area contributed by atoms with Crippen molar-refractivity contribution in [1.29, 1.82) is 0 Å². The maximum atomic E-state index is 12.6. The molecule has 1 amide bonds. The van der Waals surface area contributed by atoms with E-state index in [0.29, 0.717) is 25.6 Å². The van der Waals surface area contributed by atoms with Gasteiger partial charge in [-0.05, 0) is 24.8 Å². The first-order valence-electron chi connectivity index (χ1n) is 7.79. The van der Waals surface area contributed by atoms with Crippen LogP contribution in [0.1, 0.15) is 23.3 Å². The summed E-state index contributed by atoms with van der Waals surface area (Å²) in [6.07, 6.45) is 3.56. The molecule has 2 aliphatic rings. The highest BCUT2D eigenvalue weighted by Gasteiger charge is 2.32. The molecular formula is C14H23ClN4O3S2. The molecule has 0 aromatic carbocycles. The number of carbonyl (C=O) groups is 1. The molecule has 24 heavy (non-hydrogen) atoms. The lowest BCUT2D eigenvalue weighted by Crippen LogP contribution is -2.41. The van der Waals surface area contributed by atoms with Crippen LogP contribution in [-0.2, 0) is 10.0 Å². The number of nitrogens with one attached hydrogen (secondary N) is 2. The maximum absolute atomic E-state index is 12.6. The number of carbonyl (C=O) groups excluding carboxylic acids is 1. The molecule has 1 aliphatic carbocycles. The molecule has 2 fully saturated rings. The van der Waals surface area contributed by atoms with Crippen molar-refractivity contribution in [2.24, 2.45) is 11.7 Å². The lowest BCUT2D eigenvalue weighted by atomic mass is 10.2. The van der Waals surface area contributed by atoms with E-state index in [-0.39, 0.29) is 34.9 Å². The van der Waals surface area contributed by atoms with Crippen LogP contribution < -0.4 is 11.1 Å². The highest BCUT2D eigenvalue weighted by Crippen LogP contribution is 2.32. The first-order valence-corrected chi connectivity index (χ1v) is 10.4. The molecular weight excluding hydrogens is 372 g/mol. The van der Waals surface area contributed by atoms with Crippen LogP contribution in [0.2, 0.25) is 0 Å². The number of nitrogens with zero attached hydrogens (tertiary/aromatic N) is 1. The zero-order valence-corrected chi connectivity index (χ0v) is 15.7. The number of hydrogen-bond donors (Lipinski definition) is 3. The standard InChI is InChI=1S/C14H22N4O3S2.ClH/c15-8-13(10-1-2-10)17-14(19)12-7-11(9-16-12)23(20,21)18-3-5-22-6-4-18;/h7,9-10,13,16H,1-6,8,15H2,(H,17,19);1H. The van der Waals surface area contributed by atoms with Crippen LogP contribution in [0, 0.1) is 5.92 Å². The second kappa shape index (κ2) is 8.09. The maximum Gasteiger partial charge on any atom is 0.268 e. The van der Waals surface area contributed by atoms with E-state index in [9.17, 15) is 13.2 Å². The minimum atomic E-state index is -3.53. The molecule has 3 rings (SSSR count). The minimum absolute atomic E-state index is 0. The molecule has 0 bridgehead atoms. The van der Waals surface area contributed by atoms with E-state index in [1.807, 2.05) is 0 Å². The summed E-state index contributed by atoms with van der Waals surface area (Å²) in [6.45, 7) is 1.42. The lowest BCUT2D eigenvalue weighted by molar-refractivity contribution is 0.0929. The van der Waals surface area contributed by atoms with Crippen molar-refractivity contribution in [2.45, 2.75) is 23.8 Å². The van der Waals surface area contributed by atoms with Crippen LogP contribution in [-0.4, -0.2) is 60.8 Å². The number of aromatic amines is 1. The fraction of sp³-hybridized carbons (Fsp3) is 0.643. The van der Waals surface area contributed by atoms with E-state index < -0.39 is 10.0 Å². The number of thioether (sulfide) groups is 1. The monoisotopic (exact) mass is 394 g/mol. The fourth-order valence-corrected chi connectivity index (χ4v) is 5.27. The largest absolute Gasteiger partial charge is 0.356 e. The average molecular weight is 395 g/mol. The van der Waals surface area contributed by atoms with Gasteiger partial charge in [-0.2, -0.15) is 16.1 Å². The molecule has 2 heterocycles. The summed E-state index contributed by atoms with van der Waals surface area (Å²) < 4.78 is 26.6. The van der Waals surface area contributed by atoms with Crippen LogP contribution in [0.15, 0.2) is 17.2 Å². The van der Waals surface area contributed by atoms with Crippen LogP contribution in [0.25, 0.3) is 0 Å². The van der Waals surface area contributed by atoms with Gasteiger partial charge in [0.2, 0.25) is 10.0 Å². The predicted molar refractivity (Wildman–Crippen MR) is 97.2 cm³/mol. The molecule has 1 saturated heterocycles. The highest BCUT2D eigenvalue weighted by atomic mass is 35.5. The Kier molecular flexibility index (Phi) is 6.60. The van der Waals surface area contributed by atoms with Gasteiger partial charge in [-0.3, -0.25) is 4.79 Å². The van der Waals surface area contributed by atoms with E-state index in [1.54, 1.807) is 11.8 Å². The highest BCUT2D eigenvalue weighted by molar-refractivity contribution is 7.99. The molecule has 1 unspecified atom stereocenters. The smallest absolute Gasteiger partial charge is 0.268 e. The number of amides is 1. The number of nitrogens with two attached hydrogens (primary N) is 1. The Labute approximate surface area is 152 Å². The van der Waals surface area contributed by atoms with Crippen molar-refractivity contribution in [3.8, 4) is 0 Å². The SMILES string of the molecule is Cl.NCC(NC(=O)c1cc(S(=O)(=O)N2CCSCC2)c[nH]1)C1CC1. The number of halogens is 1. The van der Waals surface area contributed by atoms with Gasteiger partial charge < -0.3 is 16.0 Å². The molecule has 1 aromatic heterocycles. The van der Waals surface area contributed by atoms with Crippen LogP contribution >= 0.6 is 24.2 Å². The van der Waals surface area contributed by atoms with Gasteiger partial charge >= 0.3 is 0 Å². The van der Waals surface area contributed by atoms with Gasteiger partial charge in [0.1, 0.15) is 10.6 Å². The Morgan fingerprint density at radius 2 is 2.08 bits per heavy atom. The molecule has 0 spiro atoms. The summed E-state index contributed by atoms with van der Waals surface area (Å²) in [5, 5.41) is 2.88. The normalized spacial score (nSPS) is 20.2. The molecule has 1 saturated carbocycles. The number of rotatable bonds is 6. The first-order chi connectivity index (χ1) is 11.0. The third-order valence-electron chi connectivity index (χ3n) is 4.27. The topological polar surface area (TPSA) is 108 Å². The Morgan fingerprint density at radius 1 is 1.42 bits per heavy atom. The van der Waals surface area contributed by atoms with E-state index in [1.165, 1.54) is 16.6 Å². The van der Waals surface area contributed by atoms with Crippen molar-refractivity contribution < 1.29 is 13.2 Å². The third-order valence-corrected chi connectivity index (χ3v) is 7.09. The zero-order valence-electron chi connectivity index (χ0n) is 13.2. The Hall–Kier alpha value is -0.740. The van der Waals surface area contributed by atoms with Gasteiger partial charge in [0.15, 0.2) is 0 Å². The third kappa shape index (κ3) is 4.26.